The zero-order chi connectivity index (χ0) is 24.4. The van der Waals surface area contributed by atoms with Gasteiger partial charge in [0.2, 0.25) is 0 Å². The number of halogens is 1. The summed E-state index contributed by atoms with van der Waals surface area (Å²) in [6.07, 6.45) is 0.841. The molecule has 33 heavy (non-hydrogen) atoms. The maximum absolute atomic E-state index is 13.1. The first-order chi connectivity index (χ1) is 15.4. The van der Waals surface area contributed by atoms with Crippen molar-refractivity contribution in [2.24, 2.45) is 0 Å². The largest absolute Gasteiger partial charge is 0.320 e. The molecule has 0 spiro atoms. The van der Waals surface area contributed by atoms with Gasteiger partial charge in [0, 0.05) is 24.0 Å². The fraction of sp³-hybridized carbons (Fsp3) is 0.0500. The van der Waals surface area contributed by atoms with Crippen molar-refractivity contribution in [3.05, 3.63) is 88.2 Å². The van der Waals surface area contributed by atoms with Gasteiger partial charge >= 0.3 is 0 Å². The monoisotopic (exact) mass is 493 g/mol. The number of nitro benzene ring substituents is 1. The number of nitro groups is 1. The van der Waals surface area contributed by atoms with E-state index in [2.05, 4.69) is 10.0 Å². The molecule has 1 amide bonds. The highest BCUT2D eigenvalue weighted by molar-refractivity contribution is 7.92. The van der Waals surface area contributed by atoms with E-state index in [1.54, 1.807) is 0 Å². The number of nitrogens with zero attached hydrogens (tertiary/aromatic N) is 1. The Bertz CT molecular complexity index is 1460. The summed E-state index contributed by atoms with van der Waals surface area (Å²) >= 11 is 0. The molecule has 0 fully saturated rings. The van der Waals surface area contributed by atoms with Crippen molar-refractivity contribution in [3.8, 4) is 0 Å². The first kappa shape index (κ1) is 23.8. The number of benzene rings is 3. The van der Waals surface area contributed by atoms with Gasteiger partial charge in [-0.05, 0) is 42.5 Å². The van der Waals surface area contributed by atoms with E-state index < -0.39 is 47.1 Å². The van der Waals surface area contributed by atoms with Gasteiger partial charge in [0.05, 0.1) is 26.1 Å². The standard InChI is InChI=1S/C20H16FN3O7S2/c1-32(28,29)17-11-13(10-15(12-17)24(26)27)20(25)22-18-4-2-3-5-19(18)23-33(30,31)16-8-6-14(21)7-9-16/h2-12,23H,1H3,(H,22,25). The topological polar surface area (TPSA) is 153 Å². The lowest BCUT2D eigenvalue weighted by atomic mass is 10.1. The Hall–Kier alpha value is -3.84. The van der Waals surface area contributed by atoms with Gasteiger partial charge in [-0.3, -0.25) is 19.6 Å². The number of para-hydroxylation sites is 2. The van der Waals surface area contributed by atoms with Crippen molar-refractivity contribution in [3.63, 3.8) is 0 Å². The summed E-state index contributed by atoms with van der Waals surface area (Å²) in [7, 11) is -7.99. The van der Waals surface area contributed by atoms with E-state index >= 15 is 0 Å². The summed E-state index contributed by atoms with van der Waals surface area (Å²) in [4.78, 5) is 22.4. The second-order valence-electron chi connectivity index (χ2n) is 6.80. The number of hydrogen-bond acceptors (Lipinski definition) is 7. The minimum Gasteiger partial charge on any atom is -0.320 e. The molecule has 3 aromatic carbocycles. The summed E-state index contributed by atoms with van der Waals surface area (Å²) in [6.45, 7) is 0. The molecule has 2 N–H and O–H groups in total. The van der Waals surface area contributed by atoms with Crippen molar-refractivity contribution in [1.29, 1.82) is 0 Å². The van der Waals surface area contributed by atoms with Crippen LogP contribution in [0.4, 0.5) is 21.5 Å². The van der Waals surface area contributed by atoms with Crippen molar-refractivity contribution in [1.82, 2.24) is 0 Å². The highest BCUT2D eigenvalue weighted by atomic mass is 32.2. The highest BCUT2D eigenvalue weighted by Gasteiger charge is 2.21. The van der Waals surface area contributed by atoms with Gasteiger partial charge in [-0.2, -0.15) is 0 Å². The molecule has 0 heterocycles. The lowest BCUT2D eigenvalue weighted by molar-refractivity contribution is -0.385. The van der Waals surface area contributed by atoms with Crippen LogP contribution >= 0.6 is 0 Å². The van der Waals surface area contributed by atoms with Crippen LogP contribution in [-0.2, 0) is 19.9 Å². The van der Waals surface area contributed by atoms with Crippen LogP contribution in [0.5, 0.6) is 0 Å². The van der Waals surface area contributed by atoms with Gasteiger partial charge in [-0.1, -0.05) is 12.1 Å². The molecule has 13 heteroatoms. The summed E-state index contributed by atoms with van der Waals surface area (Å²) in [5, 5.41) is 13.6. The Morgan fingerprint density at radius 1 is 0.909 bits per heavy atom. The summed E-state index contributed by atoms with van der Waals surface area (Å²) in [6, 6.07) is 12.5. The second-order valence-corrected chi connectivity index (χ2v) is 10.5. The Kier molecular flexibility index (Phi) is 6.46. The molecule has 3 rings (SSSR count). The normalized spacial score (nSPS) is 11.6. The van der Waals surface area contributed by atoms with Crippen LogP contribution in [0.3, 0.4) is 0 Å². The van der Waals surface area contributed by atoms with Crippen LogP contribution in [-0.4, -0.2) is 33.9 Å². The molecular formula is C20H16FN3O7S2. The Morgan fingerprint density at radius 2 is 1.52 bits per heavy atom. The summed E-state index contributed by atoms with van der Waals surface area (Å²) in [5.41, 5.74) is -0.960. The number of rotatable bonds is 7. The van der Waals surface area contributed by atoms with Crippen LogP contribution < -0.4 is 10.0 Å². The van der Waals surface area contributed by atoms with Gasteiger partial charge in [-0.25, -0.2) is 21.2 Å². The SMILES string of the molecule is CS(=O)(=O)c1cc(C(=O)Nc2ccccc2NS(=O)(=O)c2ccc(F)cc2)cc([N+](=O)[O-])c1. The average molecular weight is 493 g/mol. The van der Waals surface area contributed by atoms with E-state index in [0.29, 0.717) is 0 Å². The van der Waals surface area contributed by atoms with Crippen LogP contribution in [0.1, 0.15) is 10.4 Å². The molecule has 0 radical (unpaired) electrons. The molecule has 0 atom stereocenters. The van der Waals surface area contributed by atoms with Crippen LogP contribution in [0.15, 0.2) is 76.5 Å². The fourth-order valence-electron chi connectivity index (χ4n) is 2.73. The number of sulfonamides is 1. The number of carbonyl (C=O) groups excluding carboxylic acids is 1. The fourth-order valence-corrected chi connectivity index (χ4v) is 4.48. The number of carbonyl (C=O) groups is 1. The molecule has 0 unspecified atom stereocenters. The molecule has 172 valence electrons. The van der Waals surface area contributed by atoms with Crippen molar-refractivity contribution in [2.45, 2.75) is 9.79 Å². The van der Waals surface area contributed by atoms with E-state index in [4.69, 9.17) is 0 Å². The Balaban J connectivity index is 1.94. The third kappa shape index (κ3) is 5.70. The predicted octanol–water partition coefficient (Wildman–Crippen LogP) is 3.19. The molecular weight excluding hydrogens is 477 g/mol. The third-order valence-corrected chi connectivity index (χ3v) is 6.81. The molecule has 0 aliphatic carbocycles. The molecule has 0 saturated carbocycles. The number of amides is 1. The number of sulfone groups is 1. The Labute approximate surface area is 188 Å². The van der Waals surface area contributed by atoms with Gasteiger partial charge in [0.25, 0.3) is 21.6 Å². The van der Waals surface area contributed by atoms with E-state index in [-0.39, 0.29) is 21.8 Å². The minimum absolute atomic E-state index is 0.000554. The van der Waals surface area contributed by atoms with Crippen molar-refractivity contribution >= 4 is 42.8 Å². The smallest absolute Gasteiger partial charge is 0.271 e. The van der Waals surface area contributed by atoms with Gasteiger partial charge < -0.3 is 5.32 Å². The van der Waals surface area contributed by atoms with Gasteiger partial charge in [-0.15, -0.1) is 0 Å². The molecule has 3 aromatic rings. The lowest BCUT2D eigenvalue weighted by Gasteiger charge is -2.14. The number of hydrogen-bond donors (Lipinski definition) is 2. The minimum atomic E-state index is -4.13. The lowest BCUT2D eigenvalue weighted by Crippen LogP contribution is -2.17. The number of non-ortho nitro benzene ring substituents is 1. The number of nitrogens with one attached hydrogen (secondary N) is 2. The molecule has 10 nitrogen and oxygen atoms in total. The first-order valence-corrected chi connectivity index (χ1v) is 12.4. The third-order valence-electron chi connectivity index (χ3n) is 4.34. The number of anilines is 2. The molecule has 0 bridgehead atoms. The zero-order valence-electron chi connectivity index (χ0n) is 16.9. The second kappa shape index (κ2) is 8.96. The quantitative estimate of drug-likeness (QED) is 0.379. The molecule has 0 aliphatic heterocycles. The highest BCUT2D eigenvalue weighted by Crippen LogP contribution is 2.27. The summed E-state index contributed by atoms with van der Waals surface area (Å²) in [5.74, 6) is -1.52. The van der Waals surface area contributed by atoms with Gasteiger partial charge in [0.15, 0.2) is 9.84 Å². The zero-order valence-corrected chi connectivity index (χ0v) is 18.5. The molecule has 0 saturated heterocycles. The van der Waals surface area contributed by atoms with E-state index in [1.807, 2.05) is 0 Å². The van der Waals surface area contributed by atoms with Crippen LogP contribution in [0.25, 0.3) is 0 Å². The van der Waals surface area contributed by atoms with Crippen molar-refractivity contribution < 1.29 is 30.9 Å². The summed E-state index contributed by atoms with van der Waals surface area (Å²) < 4.78 is 64.3. The average Bonchev–Trinajstić information content (AvgIpc) is 2.74. The van der Waals surface area contributed by atoms with Crippen LogP contribution in [0, 0.1) is 15.9 Å². The Morgan fingerprint density at radius 3 is 2.09 bits per heavy atom. The molecule has 0 aliphatic rings. The predicted molar refractivity (Wildman–Crippen MR) is 118 cm³/mol. The van der Waals surface area contributed by atoms with Crippen molar-refractivity contribution in [2.75, 3.05) is 16.3 Å². The maximum Gasteiger partial charge on any atom is 0.271 e. The first-order valence-electron chi connectivity index (χ1n) is 9.05. The molecule has 0 aromatic heterocycles. The van der Waals surface area contributed by atoms with E-state index in [9.17, 15) is 36.1 Å². The van der Waals surface area contributed by atoms with Crippen LogP contribution in [0.2, 0.25) is 0 Å². The van der Waals surface area contributed by atoms with Gasteiger partial charge in [0.1, 0.15) is 5.82 Å². The maximum atomic E-state index is 13.1. The van der Waals surface area contributed by atoms with E-state index in [0.717, 1.165) is 48.7 Å². The van der Waals surface area contributed by atoms with E-state index in [1.165, 1.54) is 24.3 Å².